The van der Waals surface area contributed by atoms with Gasteiger partial charge in [0.15, 0.2) is 0 Å². The summed E-state index contributed by atoms with van der Waals surface area (Å²) in [5.41, 5.74) is 0.0169. The van der Waals surface area contributed by atoms with E-state index in [2.05, 4.69) is 5.32 Å². The van der Waals surface area contributed by atoms with Crippen molar-refractivity contribution in [2.24, 2.45) is 0 Å². The van der Waals surface area contributed by atoms with Crippen LogP contribution in [-0.4, -0.2) is 51.7 Å². The molecule has 4 heteroatoms. The largest absolute Gasteiger partial charge is 0.383 e. The molecule has 2 aliphatic rings. The Bertz CT molecular complexity index is 192. The van der Waals surface area contributed by atoms with Crippen LogP contribution in [0.3, 0.4) is 0 Å². The Balaban J connectivity index is 1.76. The van der Waals surface area contributed by atoms with Crippen LogP contribution in [0, 0.1) is 0 Å². The molecule has 2 saturated heterocycles. The van der Waals surface area contributed by atoms with Crippen molar-refractivity contribution in [3.8, 4) is 0 Å². The van der Waals surface area contributed by atoms with E-state index in [1.165, 1.54) is 0 Å². The van der Waals surface area contributed by atoms with Crippen LogP contribution in [-0.2, 0) is 14.2 Å². The molecule has 2 rings (SSSR count). The lowest BCUT2D eigenvalue weighted by Gasteiger charge is -2.37. The number of hydrogen-bond acceptors (Lipinski definition) is 4. The molecule has 2 fully saturated rings. The fraction of sp³-hybridized carbons (Fsp3) is 1.00. The molecule has 15 heavy (non-hydrogen) atoms. The molecule has 0 radical (unpaired) electrons. The monoisotopic (exact) mass is 215 g/mol. The minimum absolute atomic E-state index is 0.0169. The molecule has 0 saturated carbocycles. The quantitative estimate of drug-likeness (QED) is 0.696. The number of rotatable bonds is 4. The molecule has 0 aromatic carbocycles. The fourth-order valence-electron chi connectivity index (χ4n) is 2.43. The highest BCUT2D eigenvalue weighted by Gasteiger charge is 2.40. The van der Waals surface area contributed by atoms with Gasteiger partial charge in [0.1, 0.15) is 0 Å². The Morgan fingerprint density at radius 1 is 1.47 bits per heavy atom. The van der Waals surface area contributed by atoms with E-state index in [9.17, 15) is 0 Å². The van der Waals surface area contributed by atoms with Crippen LogP contribution in [0.1, 0.15) is 19.3 Å². The van der Waals surface area contributed by atoms with E-state index in [1.807, 2.05) is 0 Å². The molecule has 88 valence electrons. The summed E-state index contributed by atoms with van der Waals surface area (Å²) in [7, 11) is 1.73. The molecular formula is C11H21NO3. The normalized spacial score (nSPS) is 36.2. The summed E-state index contributed by atoms with van der Waals surface area (Å²) in [4.78, 5) is 0. The first-order valence-electron chi connectivity index (χ1n) is 5.79. The van der Waals surface area contributed by atoms with Crippen molar-refractivity contribution < 1.29 is 14.2 Å². The van der Waals surface area contributed by atoms with Crippen LogP contribution >= 0.6 is 0 Å². The second kappa shape index (κ2) is 5.25. The average molecular weight is 215 g/mol. The van der Waals surface area contributed by atoms with Crippen LogP contribution < -0.4 is 5.32 Å². The molecule has 2 heterocycles. The SMILES string of the molecule is COCCNC1CCOC2(CCOC2)C1. The molecule has 0 aromatic rings. The predicted molar refractivity (Wildman–Crippen MR) is 57.0 cm³/mol. The third-order valence-electron chi connectivity index (χ3n) is 3.30. The molecule has 2 aliphatic heterocycles. The van der Waals surface area contributed by atoms with Gasteiger partial charge in [-0.3, -0.25) is 0 Å². The van der Waals surface area contributed by atoms with Gasteiger partial charge in [0.2, 0.25) is 0 Å². The van der Waals surface area contributed by atoms with Crippen molar-refractivity contribution in [1.29, 1.82) is 0 Å². The maximum atomic E-state index is 5.87. The lowest BCUT2D eigenvalue weighted by Crippen LogP contribution is -2.48. The average Bonchev–Trinajstić information content (AvgIpc) is 2.67. The van der Waals surface area contributed by atoms with Gasteiger partial charge in [0.05, 0.1) is 18.8 Å². The number of methoxy groups -OCH3 is 1. The fourth-order valence-corrected chi connectivity index (χ4v) is 2.43. The first-order valence-corrected chi connectivity index (χ1v) is 5.79. The first kappa shape index (κ1) is 11.3. The van der Waals surface area contributed by atoms with Crippen LogP contribution in [0.2, 0.25) is 0 Å². The van der Waals surface area contributed by atoms with Gasteiger partial charge >= 0.3 is 0 Å². The highest BCUT2D eigenvalue weighted by Crippen LogP contribution is 2.32. The zero-order valence-electron chi connectivity index (χ0n) is 9.46. The van der Waals surface area contributed by atoms with Gasteiger partial charge in [-0.2, -0.15) is 0 Å². The van der Waals surface area contributed by atoms with E-state index in [4.69, 9.17) is 14.2 Å². The third kappa shape index (κ3) is 2.91. The molecule has 2 unspecified atom stereocenters. The van der Waals surface area contributed by atoms with Crippen molar-refractivity contribution >= 4 is 0 Å². The summed E-state index contributed by atoms with van der Waals surface area (Å²) in [5, 5.41) is 3.51. The Hall–Kier alpha value is -0.160. The smallest absolute Gasteiger partial charge is 0.0951 e. The maximum absolute atomic E-state index is 5.87. The second-order valence-corrected chi connectivity index (χ2v) is 4.47. The third-order valence-corrected chi connectivity index (χ3v) is 3.30. The Kier molecular flexibility index (Phi) is 3.97. The minimum Gasteiger partial charge on any atom is -0.383 e. The van der Waals surface area contributed by atoms with Crippen molar-refractivity contribution in [3.63, 3.8) is 0 Å². The summed E-state index contributed by atoms with van der Waals surface area (Å²) < 4.78 is 16.3. The molecule has 0 amide bonds. The van der Waals surface area contributed by atoms with Gasteiger partial charge in [-0.15, -0.1) is 0 Å². The number of hydrogen-bond donors (Lipinski definition) is 1. The minimum atomic E-state index is 0.0169. The Morgan fingerprint density at radius 2 is 2.40 bits per heavy atom. The lowest BCUT2D eigenvalue weighted by molar-refractivity contribution is -0.0895. The molecule has 0 bridgehead atoms. The molecule has 1 spiro atoms. The van der Waals surface area contributed by atoms with Gasteiger partial charge < -0.3 is 19.5 Å². The summed E-state index contributed by atoms with van der Waals surface area (Å²) in [5.74, 6) is 0. The van der Waals surface area contributed by atoms with Crippen LogP contribution in [0.15, 0.2) is 0 Å². The molecule has 1 N–H and O–H groups in total. The van der Waals surface area contributed by atoms with E-state index < -0.39 is 0 Å². The Morgan fingerprint density at radius 3 is 3.13 bits per heavy atom. The molecule has 4 nitrogen and oxygen atoms in total. The van der Waals surface area contributed by atoms with E-state index in [1.54, 1.807) is 7.11 Å². The zero-order chi connectivity index (χ0) is 10.6. The first-order chi connectivity index (χ1) is 7.35. The Labute approximate surface area is 91.3 Å². The van der Waals surface area contributed by atoms with Gasteiger partial charge in [0.25, 0.3) is 0 Å². The van der Waals surface area contributed by atoms with Crippen molar-refractivity contribution in [2.45, 2.75) is 30.9 Å². The number of ether oxygens (including phenoxy) is 3. The maximum Gasteiger partial charge on any atom is 0.0951 e. The molecule has 2 atom stereocenters. The molecular weight excluding hydrogens is 194 g/mol. The lowest BCUT2D eigenvalue weighted by atomic mass is 9.90. The summed E-state index contributed by atoms with van der Waals surface area (Å²) in [6.45, 7) is 4.19. The number of nitrogens with one attached hydrogen (secondary N) is 1. The zero-order valence-corrected chi connectivity index (χ0v) is 9.46. The van der Waals surface area contributed by atoms with Gasteiger partial charge in [-0.25, -0.2) is 0 Å². The van der Waals surface area contributed by atoms with Crippen molar-refractivity contribution in [3.05, 3.63) is 0 Å². The van der Waals surface area contributed by atoms with Crippen LogP contribution in [0.4, 0.5) is 0 Å². The summed E-state index contributed by atoms with van der Waals surface area (Å²) in [6, 6.07) is 0.565. The van der Waals surface area contributed by atoms with Gasteiger partial charge in [0, 0.05) is 39.3 Å². The van der Waals surface area contributed by atoms with E-state index >= 15 is 0 Å². The van der Waals surface area contributed by atoms with Crippen LogP contribution in [0.5, 0.6) is 0 Å². The van der Waals surface area contributed by atoms with E-state index in [0.717, 1.165) is 52.2 Å². The highest BCUT2D eigenvalue weighted by molar-refractivity contribution is 4.92. The van der Waals surface area contributed by atoms with Gasteiger partial charge in [-0.05, 0) is 12.8 Å². The summed E-state index contributed by atoms with van der Waals surface area (Å²) >= 11 is 0. The van der Waals surface area contributed by atoms with Gasteiger partial charge in [-0.1, -0.05) is 0 Å². The van der Waals surface area contributed by atoms with E-state index in [-0.39, 0.29) is 5.60 Å². The standard InChI is InChI=1S/C11H21NO3/c1-13-7-4-12-10-2-5-15-11(8-10)3-6-14-9-11/h10,12H,2-9H2,1H3. The van der Waals surface area contributed by atoms with E-state index in [0.29, 0.717) is 6.04 Å². The molecule has 0 aliphatic carbocycles. The predicted octanol–water partition coefficient (Wildman–Crippen LogP) is 0.560. The topological polar surface area (TPSA) is 39.7 Å². The highest BCUT2D eigenvalue weighted by atomic mass is 16.6. The summed E-state index contributed by atoms with van der Waals surface area (Å²) in [6.07, 6.45) is 3.23. The molecule has 0 aromatic heterocycles. The van der Waals surface area contributed by atoms with Crippen molar-refractivity contribution in [1.82, 2.24) is 5.32 Å². The van der Waals surface area contributed by atoms with Crippen LogP contribution in [0.25, 0.3) is 0 Å². The second-order valence-electron chi connectivity index (χ2n) is 4.47. The van der Waals surface area contributed by atoms with Crippen molar-refractivity contribution in [2.75, 3.05) is 40.1 Å².